The van der Waals surface area contributed by atoms with E-state index in [-0.39, 0.29) is 22.6 Å². The summed E-state index contributed by atoms with van der Waals surface area (Å²) in [7, 11) is -3.37. The molecule has 1 rings (SSSR count). The molecule has 0 heterocycles. The molecule has 0 saturated carbocycles. The molecule has 4 nitrogen and oxygen atoms in total. The largest absolute Gasteiger partial charge is 0.396 e. The first-order chi connectivity index (χ1) is 9.28. The lowest BCUT2D eigenvalue weighted by molar-refractivity contribution is 0.127. The van der Waals surface area contributed by atoms with Gasteiger partial charge in [-0.3, -0.25) is 0 Å². The minimum atomic E-state index is -3.37. The summed E-state index contributed by atoms with van der Waals surface area (Å²) in [4.78, 5) is 0.0731. The van der Waals surface area contributed by atoms with Gasteiger partial charge in [-0.25, -0.2) is 12.8 Å². The molecule has 1 aromatic carbocycles. The van der Waals surface area contributed by atoms with Gasteiger partial charge in [0, 0.05) is 18.2 Å². The van der Waals surface area contributed by atoms with Crippen molar-refractivity contribution in [1.29, 1.82) is 0 Å². The van der Waals surface area contributed by atoms with Crippen molar-refractivity contribution in [2.24, 2.45) is 5.41 Å². The molecule has 0 bridgehead atoms. The van der Waals surface area contributed by atoms with E-state index in [2.05, 4.69) is 5.32 Å². The van der Waals surface area contributed by atoms with Gasteiger partial charge in [0.05, 0.1) is 17.2 Å². The number of anilines is 1. The summed E-state index contributed by atoms with van der Waals surface area (Å²) in [6.07, 6.45) is 2.58. The molecule has 20 heavy (non-hydrogen) atoms. The van der Waals surface area contributed by atoms with Crippen LogP contribution in [0.25, 0.3) is 0 Å². The molecule has 114 valence electrons. The highest BCUT2D eigenvalue weighted by Gasteiger charge is 2.25. The fourth-order valence-corrected chi connectivity index (χ4v) is 2.58. The molecular formula is C14H22FNO3S. The Bertz CT molecular complexity index is 545. The molecule has 6 heteroatoms. The lowest BCUT2D eigenvalue weighted by Crippen LogP contribution is -2.32. The summed E-state index contributed by atoms with van der Waals surface area (Å²) in [6, 6.07) is 3.67. The standard InChI is InChI=1S/C14H22FNO3S/c1-4-14(5-2,10-17)9-16-13-8-11(20(3,18)19)6-7-12(13)15/h6-8,16-17H,4-5,9-10H2,1-3H3. The van der Waals surface area contributed by atoms with Crippen LogP contribution < -0.4 is 5.32 Å². The lowest BCUT2D eigenvalue weighted by Gasteiger charge is -2.30. The summed E-state index contributed by atoms with van der Waals surface area (Å²) < 4.78 is 36.7. The minimum absolute atomic E-state index is 0.000383. The van der Waals surface area contributed by atoms with Crippen LogP contribution >= 0.6 is 0 Å². The van der Waals surface area contributed by atoms with Crippen molar-refractivity contribution < 1.29 is 17.9 Å². The number of aliphatic hydroxyl groups excluding tert-OH is 1. The highest BCUT2D eigenvalue weighted by molar-refractivity contribution is 7.90. The maximum Gasteiger partial charge on any atom is 0.175 e. The van der Waals surface area contributed by atoms with Crippen LogP contribution in [-0.2, 0) is 9.84 Å². The molecule has 0 unspecified atom stereocenters. The van der Waals surface area contributed by atoms with Gasteiger partial charge in [-0.05, 0) is 31.0 Å². The Kier molecular flexibility index (Phi) is 5.53. The molecule has 2 N–H and O–H groups in total. The number of hydrogen-bond acceptors (Lipinski definition) is 4. The van der Waals surface area contributed by atoms with Gasteiger partial charge in [-0.15, -0.1) is 0 Å². The van der Waals surface area contributed by atoms with E-state index in [1.54, 1.807) is 0 Å². The predicted molar refractivity (Wildman–Crippen MR) is 78.1 cm³/mol. The Hall–Kier alpha value is -1.14. The summed E-state index contributed by atoms with van der Waals surface area (Å²) in [5.41, 5.74) is -0.180. The third kappa shape index (κ3) is 3.93. The van der Waals surface area contributed by atoms with Crippen LogP contribution in [0, 0.1) is 11.2 Å². The van der Waals surface area contributed by atoms with Gasteiger partial charge in [0.2, 0.25) is 0 Å². The second-order valence-electron chi connectivity index (χ2n) is 5.13. The zero-order valence-electron chi connectivity index (χ0n) is 12.1. The zero-order chi connectivity index (χ0) is 15.4. The Morgan fingerprint density at radius 1 is 1.30 bits per heavy atom. The molecule has 0 aliphatic heterocycles. The van der Waals surface area contributed by atoms with Gasteiger partial charge < -0.3 is 10.4 Å². The monoisotopic (exact) mass is 303 g/mol. The second kappa shape index (κ2) is 6.54. The van der Waals surface area contributed by atoms with Crippen molar-refractivity contribution in [3.05, 3.63) is 24.0 Å². The predicted octanol–water partition coefficient (Wildman–Crippen LogP) is 2.44. The van der Waals surface area contributed by atoms with E-state index in [1.807, 2.05) is 13.8 Å². The molecule has 0 fully saturated rings. The summed E-state index contributed by atoms with van der Waals surface area (Å²) in [5, 5.41) is 12.4. The van der Waals surface area contributed by atoms with E-state index in [0.29, 0.717) is 6.54 Å². The Labute approximate surface area is 119 Å². The molecule has 0 radical (unpaired) electrons. The number of halogens is 1. The van der Waals surface area contributed by atoms with E-state index in [9.17, 15) is 17.9 Å². The molecule has 0 saturated heterocycles. The van der Waals surface area contributed by atoms with Gasteiger partial charge in [0.15, 0.2) is 9.84 Å². The lowest BCUT2D eigenvalue weighted by atomic mass is 9.83. The molecule has 1 aromatic rings. The van der Waals surface area contributed by atoms with Gasteiger partial charge in [-0.2, -0.15) is 0 Å². The number of rotatable bonds is 7. The topological polar surface area (TPSA) is 66.4 Å². The van der Waals surface area contributed by atoms with Crippen LogP contribution in [0.5, 0.6) is 0 Å². The average molecular weight is 303 g/mol. The second-order valence-corrected chi connectivity index (χ2v) is 7.15. The SMILES string of the molecule is CCC(CC)(CO)CNc1cc(S(C)(=O)=O)ccc1F. The van der Waals surface area contributed by atoms with Crippen molar-refractivity contribution in [2.45, 2.75) is 31.6 Å². The van der Waals surface area contributed by atoms with Gasteiger partial charge >= 0.3 is 0 Å². The molecule has 0 aliphatic rings. The summed E-state index contributed by atoms with van der Waals surface area (Å²) in [6.45, 7) is 4.32. The van der Waals surface area contributed by atoms with E-state index in [4.69, 9.17) is 0 Å². The fraction of sp³-hybridized carbons (Fsp3) is 0.571. The van der Waals surface area contributed by atoms with Crippen molar-refractivity contribution in [2.75, 3.05) is 24.7 Å². The first kappa shape index (κ1) is 16.9. The molecule has 0 aliphatic carbocycles. The normalized spacial score (nSPS) is 12.4. The number of nitrogens with one attached hydrogen (secondary N) is 1. The van der Waals surface area contributed by atoms with E-state index >= 15 is 0 Å². The third-order valence-corrected chi connectivity index (χ3v) is 4.97. The van der Waals surface area contributed by atoms with Crippen LogP contribution in [0.15, 0.2) is 23.1 Å². The molecule has 0 amide bonds. The zero-order valence-corrected chi connectivity index (χ0v) is 12.9. The molecule has 0 spiro atoms. The third-order valence-electron chi connectivity index (χ3n) is 3.86. The Morgan fingerprint density at radius 2 is 1.90 bits per heavy atom. The number of sulfone groups is 1. The van der Waals surface area contributed by atoms with Crippen LogP contribution in [0.1, 0.15) is 26.7 Å². The Balaban J connectivity index is 2.98. The minimum Gasteiger partial charge on any atom is -0.396 e. The van der Waals surface area contributed by atoms with Gasteiger partial charge in [-0.1, -0.05) is 13.8 Å². The Morgan fingerprint density at radius 3 is 2.35 bits per heavy atom. The van der Waals surface area contributed by atoms with Crippen molar-refractivity contribution >= 4 is 15.5 Å². The maximum absolute atomic E-state index is 13.7. The van der Waals surface area contributed by atoms with Crippen LogP contribution in [0.3, 0.4) is 0 Å². The van der Waals surface area contributed by atoms with Gasteiger partial charge in [0.25, 0.3) is 0 Å². The number of aliphatic hydroxyl groups is 1. The quantitative estimate of drug-likeness (QED) is 0.759. The summed E-state index contributed by atoms with van der Waals surface area (Å²) >= 11 is 0. The van der Waals surface area contributed by atoms with Crippen molar-refractivity contribution in [1.82, 2.24) is 0 Å². The summed E-state index contributed by atoms with van der Waals surface area (Å²) in [5.74, 6) is -0.503. The first-order valence-electron chi connectivity index (χ1n) is 6.62. The van der Waals surface area contributed by atoms with E-state index in [1.165, 1.54) is 12.1 Å². The van der Waals surface area contributed by atoms with E-state index in [0.717, 1.165) is 25.2 Å². The molecule has 0 atom stereocenters. The smallest absolute Gasteiger partial charge is 0.175 e. The maximum atomic E-state index is 13.7. The van der Waals surface area contributed by atoms with Crippen LogP contribution in [-0.4, -0.2) is 32.9 Å². The molecular weight excluding hydrogens is 281 g/mol. The fourth-order valence-electron chi connectivity index (χ4n) is 1.93. The van der Waals surface area contributed by atoms with Crippen LogP contribution in [0.2, 0.25) is 0 Å². The van der Waals surface area contributed by atoms with Crippen LogP contribution in [0.4, 0.5) is 10.1 Å². The van der Waals surface area contributed by atoms with Gasteiger partial charge in [0.1, 0.15) is 5.82 Å². The highest BCUT2D eigenvalue weighted by atomic mass is 32.2. The average Bonchev–Trinajstić information content (AvgIpc) is 2.41. The van der Waals surface area contributed by atoms with Crippen molar-refractivity contribution in [3.8, 4) is 0 Å². The first-order valence-corrected chi connectivity index (χ1v) is 8.51. The van der Waals surface area contributed by atoms with Crippen molar-refractivity contribution in [3.63, 3.8) is 0 Å². The highest BCUT2D eigenvalue weighted by Crippen LogP contribution is 2.27. The number of hydrogen-bond donors (Lipinski definition) is 2. The molecule has 0 aromatic heterocycles. The number of benzene rings is 1. The van der Waals surface area contributed by atoms with E-state index < -0.39 is 15.7 Å².